The molecule has 0 saturated heterocycles. The Morgan fingerprint density at radius 3 is 2.11 bits per heavy atom. The van der Waals surface area contributed by atoms with Crippen LogP contribution in [0, 0.1) is 0 Å². The highest BCUT2D eigenvalue weighted by molar-refractivity contribution is 14.0. The molecule has 0 unspecified atom stereocenters. The standard InChI is InChI=1S/C22H24N4O.HI/c1-23-22(25-15-18-8-4-2-5-9-18)26-16-20-12-13-24-21(14-20)27-17-19-10-6-3-7-11-19;/h2-14H,15-17H2,1H3,(H2,23,25,26);1H. The van der Waals surface area contributed by atoms with Crippen molar-refractivity contribution < 1.29 is 4.74 Å². The number of nitrogens with zero attached hydrogens (tertiary/aromatic N) is 2. The summed E-state index contributed by atoms with van der Waals surface area (Å²) < 4.78 is 5.79. The van der Waals surface area contributed by atoms with Crippen LogP contribution in [0.5, 0.6) is 5.88 Å². The minimum Gasteiger partial charge on any atom is -0.473 e. The number of ether oxygens (including phenoxy) is 1. The van der Waals surface area contributed by atoms with Crippen molar-refractivity contribution in [2.75, 3.05) is 7.05 Å². The van der Waals surface area contributed by atoms with E-state index in [1.165, 1.54) is 5.56 Å². The summed E-state index contributed by atoms with van der Waals surface area (Å²) in [4.78, 5) is 8.55. The van der Waals surface area contributed by atoms with Gasteiger partial charge in [0.05, 0.1) is 0 Å². The average Bonchev–Trinajstić information content (AvgIpc) is 2.74. The third-order valence-electron chi connectivity index (χ3n) is 4.02. The van der Waals surface area contributed by atoms with Gasteiger partial charge < -0.3 is 15.4 Å². The highest BCUT2D eigenvalue weighted by Crippen LogP contribution is 2.11. The van der Waals surface area contributed by atoms with Crippen molar-refractivity contribution in [1.82, 2.24) is 15.6 Å². The molecule has 0 saturated carbocycles. The van der Waals surface area contributed by atoms with Gasteiger partial charge in [-0.25, -0.2) is 4.98 Å². The number of benzene rings is 2. The number of rotatable bonds is 7. The number of hydrogen-bond donors (Lipinski definition) is 2. The lowest BCUT2D eigenvalue weighted by molar-refractivity contribution is 0.293. The van der Waals surface area contributed by atoms with Crippen LogP contribution >= 0.6 is 24.0 Å². The first kappa shape index (κ1) is 21.7. The third kappa shape index (κ3) is 7.19. The predicted octanol–water partition coefficient (Wildman–Crippen LogP) is 4.14. The van der Waals surface area contributed by atoms with Crippen LogP contribution in [0.1, 0.15) is 16.7 Å². The summed E-state index contributed by atoms with van der Waals surface area (Å²) in [7, 11) is 1.77. The van der Waals surface area contributed by atoms with E-state index in [-0.39, 0.29) is 24.0 Å². The Balaban J connectivity index is 0.00000280. The molecule has 1 aromatic heterocycles. The van der Waals surface area contributed by atoms with Gasteiger partial charge in [-0.2, -0.15) is 0 Å². The molecule has 2 aromatic carbocycles. The fourth-order valence-electron chi connectivity index (χ4n) is 2.56. The summed E-state index contributed by atoms with van der Waals surface area (Å²) in [5.41, 5.74) is 3.41. The Kier molecular flexibility index (Phi) is 9.27. The van der Waals surface area contributed by atoms with Crippen molar-refractivity contribution in [1.29, 1.82) is 0 Å². The quantitative estimate of drug-likeness (QED) is 0.298. The number of halogens is 1. The molecular weight excluding hydrogens is 463 g/mol. The molecule has 28 heavy (non-hydrogen) atoms. The van der Waals surface area contributed by atoms with E-state index in [1.54, 1.807) is 13.2 Å². The lowest BCUT2D eigenvalue weighted by atomic mass is 10.2. The summed E-state index contributed by atoms with van der Waals surface area (Å²) >= 11 is 0. The summed E-state index contributed by atoms with van der Waals surface area (Å²) in [6.45, 7) is 1.87. The molecule has 2 N–H and O–H groups in total. The van der Waals surface area contributed by atoms with E-state index in [1.807, 2.05) is 60.7 Å². The number of aliphatic imine (C=N–C) groups is 1. The third-order valence-corrected chi connectivity index (χ3v) is 4.02. The van der Waals surface area contributed by atoms with Crippen LogP contribution in [-0.4, -0.2) is 18.0 Å². The second-order valence-corrected chi connectivity index (χ2v) is 6.04. The zero-order valence-corrected chi connectivity index (χ0v) is 18.2. The highest BCUT2D eigenvalue weighted by Gasteiger charge is 2.02. The van der Waals surface area contributed by atoms with Crippen LogP contribution in [-0.2, 0) is 19.7 Å². The SMILES string of the molecule is CN=C(NCc1ccccc1)NCc1ccnc(OCc2ccccc2)c1.I. The van der Waals surface area contributed by atoms with Gasteiger partial charge in [0.2, 0.25) is 5.88 Å². The van der Waals surface area contributed by atoms with Crippen molar-refractivity contribution in [2.45, 2.75) is 19.7 Å². The largest absolute Gasteiger partial charge is 0.473 e. The lowest BCUT2D eigenvalue weighted by Gasteiger charge is -2.12. The van der Waals surface area contributed by atoms with Crippen molar-refractivity contribution in [3.63, 3.8) is 0 Å². The van der Waals surface area contributed by atoms with Gasteiger partial charge >= 0.3 is 0 Å². The zero-order valence-electron chi connectivity index (χ0n) is 15.8. The molecule has 1 heterocycles. The molecule has 0 radical (unpaired) electrons. The number of hydrogen-bond acceptors (Lipinski definition) is 3. The first-order valence-electron chi connectivity index (χ1n) is 8.93. The number of nitrogens with one attached hydrogen (secondary N) is 2. The Hall–Kier alpha value is -2.61. The Labute approximate surface area is 183 Å². The predicted molar refractivity (Wildman–Crippen MR) is 124 cm³/mol. The topological polar surface area (TPSA) is 58.5 Å². The van der Waals surface area contributed by atoms with E-state index in [0.29, 0.717) is 19.0 Å². The van der Waals surface area contributed by atoms with Gasteiger partial charge in [-0.1, -0.05) is 60.7 Å². The first-order valence-corrected chi connectivity index (χ1v) is 8.93. The van der Waals surface area contributed by atoms with Crippen molar-refractivity contribution in [2.24, 2.45) is 4.99 Å². The van der Waals surface area contributed by atoms with E-state index >= 15 is 0 Å². The van der Waals surface area contributed by atoms with Crippen LogP contribution < -0.4 is 15.4 Å². The minimum absolute atomic E-state index is 0. The Bertz CT molecular complexity index is 857. The van der Waals surface area contributed by atoms with Crippen molar-refractivity contribution >= 4 is 29.9 Å². The number of pyridine rings is 1. The Morgan fingerprint density at radius 1 is 0.857 bits per heavy atom. The molecule has 0 aliphatic carbocycles. The van der Waals surface area contributed by atoms with Gasteiger partial charge in [0.15, 0.2) is 5.96 Å². The molecule has 0 bridgehead atoms. The van der Waals surface area contributed by atoms with Crippen molar-refractivity contribution in [3.05, 3.63) is 95.7 Å². The summed E-state index contributed by atoms with van der Waals surface area (Å²) in [6.07, 6.45) is 1.76. The smallest absolute Gasteiger partial charge is 0.213 e. The molecule has 0 fully saturated rings. The maximum Gasteiger partial charge on any atom is 0.213 e. The van der Waals surface area contributed by atoms with Gasteiger partial charge in [0.1, 0.15) is 6.61 Å². The second-order valence-electron chi connectivity index (χ2n) is 6.04. The summed E-state index contributed by atoms with van der Waals surface area (Å²) in [5, 5.41) is 6.62. The van der Waals surface area contributed by atoms with Crippen LogP contribution in [0.2, 0.25) is 0 Å². The van der Waals surface area contributed by atoms with E-state index in [2.05, 4.69) is 32.7 Å². The van der Waals surface area contributed by atoms with Crippen LogP contribution in [0.4, 0.5) is 0 Å². The maximum absolute atomic E-state index is 5.79. The van der Waals surface area contributed by atoms with E-state index in [4.69, 9.17) is 4.74 Å². The normalized spacial score (nSPS) is 10.7. The monoisotopic (exact) mass is 488 g/mol. The zero-order chi connectivity index (χ0) is 18.7. The molecule has 6 heteroatoms. The molecular formula is C22H25IN4O. The van der Waals surface area contributed by atoms with E-state index < -0.39 is 0 Å². The molecule has 3 rings (SSSR count). The van der Waals surface area contributed by atoms with Gasteiger partial charge in [-0.3, -0.25) is 4.99 Å². The van der Waals surface area contributed by atoms with Gasteiger partial charge in [0, 0.05) is 32.4 Å². The van der Waals surface area contributed by atoms with Gasteiger partial charge in [-0.05, 0) is 22.8 Å². The van der Waals surface area contributed by atoms with Crippen LogP contribution in [0.3, 0.4) is 0 Å². The van der Waals surface area contributed by atoms with E-state index in [9.17, 15) is 0 Å². The molecule has 0 aliphatic rings. The van der Waals surface area contributed by atoms with E-state index in [0.717, 1.165) is 23.6 Å². The fourth-order valence-corrected chi connectivity index (χ4v) is 2.56. The molecule has 146 valence electrons. The second kappa shape index (κ2) is 12.0. The fraction of sp³-hybridized carbons (Fsp3) is 0.182. The molecule has 0 spiro atoms. The van der Waals surface area contributed by atoms with Gasteiger partial charge in [0.25, 0.3) is 0 Å². The number of guanidine groups is 1. The minimum atomic E-state index is 0. The lowest BCUT2D eigenvalue weighted by Crippen LogP contribution is -2.36. The molecule has 0 atom stereocenters. The Morgan fingerprint density at radius 2 is 1.46 bits per heavy atom. The molecule has 5 nitrogen and oxygen atoms in total. The molecule has 3 aromatic rings. The first-order chi connectivity index (χ1) is 13.3. The molecule has 0 amide bonds. The summed E-state index contributed by atoms with van der Waals surface area (Å²) in [5.74, 6) is 1.37. The molecule has 0 aliphatic heterocycles. The average molecular weight is 488 g/mol. The number of aromatic nitrogens is 1. The van der Waals surface area contributed by atoms with Crippen LogP contribution in [0.15, 0.2) is 84.0 Å². The highest BCUT2D eigenvalue weighted by atomic mass is 127. The van der Waals surface area contributed by atoms with Crippen LogP contribution in [0.25, 0.3) is 0 Å². The maximum atomic E-state index is 5.79. The summed E-state index contributed by atoms with van der Waals surface area (Å²) in [6, 6.07) is 24.2. The van der Waals surface area contributed by atoms with Crippen molar-refractivity contribution in [3.8, 4) is 5.88 Å². The van der Waals surface area contributed by atoms with Gasteiger partial charge in [-0.15, -0.1) is 24.0 Å².